The average molecular weight is 205 g/mol. The summed E-state index contributed by atoms with van der Waals surface area (Å²) in [7, 11) is 1.86. The van der Waals surface area contributed by atoms with Crippen molar-refractivity contribution in [1.29, 1.82) is 0 Å². The molecule has 0 aliphatic rings. The zero-order valence-electron chi connectivity index (χ0n) is 8.39. The molecule has 0 amide bonds. The molecule has 3 nitrogen and oxygen atoms in total. The van der Waals surface area contributed by atoms with E-state index in [0.29, 0.717) is 0 Å². The van der Waals surface area contributed by atoms with Crippen molar-refractivity contribution >= 4 is 0 Å². The van der Waals surface area contributed by atoms with E-state index in [9.17, 15) is 4.39 Å². The average Bonchev–Trinajstić information content (AvgIpc) is 2.63. The SMILES string of the molecule is Cn1ccnc1[C@@H](N)c1cccc(F)c1. The Morgan fingerprint density at radius 1 is 1.47 bits per heavy atom. The summed E-state index contributed by atoms with van der Waals surface area (Å²) in [5.41, 5.74) is 6.71. The molecule has 1 aromatic heterocycles. The number of aromatic nitrogens is 2. The molecule has 0 saturated heterocycles. The molecule has 15 heavy (non-hydrogen) atoms. The van der Waals surface area contributed by atoms with Gasteiger partial charge < -0.3 is 10.3 Å². The lowest BCUT2D eigenvalue weighted by molar-refractivity contribution is 0.620. The molecule has 0 radical (unpaired) electrons. The van der Waals surface area contributed by atoms with Crippen LogP contribution in [0, 0.1) is 5.82 Å². The molecule has 1 heterocycles. The van der Waals surface area contributed by atoms with Crippen molar-refractivity contribution in [2.75, 3.05) is 0 Å². The van der Waals surface area contributed by atoms with Crippen LogP contribution in [0.4, 0.5) is 4.39 Å². The first-order valence-electron chi connectivity index (χ1n) is 4.67. The molecule has 0 fully saturated rings. The van der Waals surface area contributed by atoms with Gasteiger partial charge in [0.2, 0.25) is 0 Å². The summed E-state index contributed by atoms with van der Waals surface area (Å²) in [5, 5.41) is 0. The van der Waals surface area contributed by atoms with Crippen LogP contribution in [0.15, 0.2) is 36.7 Å². The molecule has 0 bridgehead atoms. The van der Waals surface area contributed by atoms with Crippen LogP contribution in [0.2, 0.25) is 0 Å². The number of hydrogen-bond donors (Lipinski definition) is 1. The summed E-state index contributed by atoms with van der Waals surface area (Å²) >= 11 is 0. The van der Waals surface area contributed by atoms with Gasteiger partial charge in [-0.15, -0.1) is 0 Å². The van der Waals surface area contributed by atoms with Gasteiger partial charge in [0.05, 0.1) is 6.04 Å². The first-order chi connectivity index (χ1) is 7.18. The second-order valence-corrected chi connectivity index (χ2v) is 3.43. The lowest BCUT2D eigenvalue weighted by atomic mass is 10.1. The third kappa shape index (κ3) is 1.89. The molecule has 0 spiro atoms. The normalized spacial score (nSPS) is 12.7. The fraction of sp³-hybridized carbons (Fsp3) is 0.182. The van der Waals surface area contributed by atoms with Crippen LogP contribution < -0.4 is 5.73 Å². The van der Waals surface area contributed by atoms with Gasteiger partial charge in [0.15, 0.2) is 0 Å². The van der Waals surface area contributed by atoms with Gasteiger partial charge in [-0.2, -0.15) is 0 Å². The summed E-state index contributed by atoms with van der Waals surface area (Å²) in [5.74, 6) is 0.442. The highest BCUT2D eigenvalue weighted by Gasteiger charge is 2.13. The van der Waals surface area contributed by atoms with Crippen LogP contribution in [-0.2, 0) is 7.05 Å². The van der Waals surface area contributed by atoms with Crippen molar-refractivity contribution in [2.24, 2.45) is 12.8 Å². The van der Waals surface area contributed by atoms with Crippen molar-refractivity contribution in [2.45, 2.75) is 6.04 Å². The van der Waals surface area contributed by atoms with E-state index in [1.54, 1.807) is 18.3 Å². The fourth-order valence-electron chi connectivity index (χ4n) is 1.53. The maximum absolute atomic E-state index is 13.0. The minimum atomic E-state index is -0.388. The largest absolute Gasteiger partial charge is 0.336 e. The van der Waals surface area contributed by atoms with E-state index in [0.717, 1.165) is 11.4 Å². The first-order valence-corrected chi connectivity index (χ1v) is 4.67. The monoisotopic (exact) mass is 205 g/mol. The molecule has 0 unspecified atom stereocenters. The van der Waals surface area contributed by atoms with Crippen molar-refractivity contribution in [3.05, 3.63) is 53.9 Å². The number of halogens is 1. The van der Waals surface area contributed by atoms with E-state index >= 15 is 0 Å². The summed E-state index contributed by atoms with van der Waals surface area (Å²) in [6.45, 7) is 0. The third-order valence-electron chi connectivity index (χ3n) is 2.34. The van der Waals surface area contributed by atoms with E-state index in [1.165, 1.54) is 12.1 Å². The van der Waals surface area contributed by atoms with E-state index in [2.05, 4.69) is 4.98 Å². The Morgan fingerprint density at radius 2 is 2.27 bits per heavy atom. The minimum Gasteiger partial charge on any atom is -0.336 e. The lowest BCUT2D eigenvalue weighted by Gasteiger charge is -2.11. The van der Waals surface area contributed by atoms with Crippen molar-refractivity contribution in [1.82, 2.24) is 9.55 Å². The van der Waals surface area contributed by atoms with Crippen LogP contribution in [-0.4, -0.2) is 9.55 Å². The topological polar surface area (TPSA) is 43.8 Å². The second-order valence-electron chi connectivity index (χ2n) is 3.43. The Kier molecular flexibility index (Phi) is 2.51. The predicted octanol–water partition coefficient (Wildman–Crippen LogP) is 1.61. The smallest absolute Gasteiger partial charge is 0.129 e. The highest BCUT2D eigenvalue weighted by atomic mass is 19.1. The Hall–Kier alpha value is -1.68. The van der Waals surface area contributed by atoms with Crippen LogP contribution in [0.1, 0.15) is 17.4 Å². The number of imidazole rings is 1. The molecule has 0 aliphatic heterocycles. The molecule has 0 aliphatic carbocycles. The van der Waals surface area contributed by atoms with Crippen LogP contribution >= 0.6 is 0 Å². The zero-order chi connectivity index (χ0) is 10.8. The fourth-order valence-corrected chi connectivity index (χ4v) is 1.53. The highest BCUT2D eigenvalue weighted by Crippen LogP contribution is 2.17. The van der Waals surface area contributed by atoms with E-state index in [1.807, 2.05) is 17.8 Å². The molecule has 78 valence electrons. The van der Waals surface area contributed by atoms with E-state index in [4.69, 9.17) is 5.73 Å². The maximum Gasteiger partial charge on any atom is 0.129 e. The molecule has 4 heteroatoms. The maximum atomic E-state index is 13.0. The Morgan fingerprint density at radius 3 is 2.87 bits per heavy atom. The van der Waals surface area contributed by atoms with Gasteiger partial charge in [-0.3, -0.25) is 0 Å². The standard InChI is InChI=1S/C11H12FN3/c1-15-6-5-14-11(15)10(13)8-3-2-4-9(12)7-8/h2-7,10H,13H2,1H3/t10-/m0/s1. The molecule has 0 saturated carbocycles. The molecule has 1 atom stereocenters. The summed E-state index contributed by atoms with van der Waals surface area (Å²) in [4.78, 5) is 4.14. The van der Waals surface area contributed by atoms with Gasteiger partial charge >= 0.3 is 0 Å². The van der Waals surface area contributed by atoms with Crippen LogP contribution in [0.5, 0.6) is 0 Å². The number of benzene rings is 1. The molecule has 1 aromatic carbocycles. The van der Waals surface area contributed by atoms with Crippen molar-refractivity contribution in [3.8, 4) is 0 Å². The van der Waals surface area contributed by atoms with E-state index < -0.39 is 0 Å². The van der Waals surface area contributed by atoms with Gasteiger partial charge in [0.1, 0.15) is 11.6 Å². The number of hydrogen-bond acceptors (Lipinski definition) is 2. The molecular weight excluding hydrogens is 193 g/mol. The number of nitrogens with two attached hydrogens (primary N) is 1. The van der Waals surface area contributed by atoms with Crippen LogP contribution in [0.25, 0.3) is 0 Å². The summed E-state index contributed by atoms with van der Waals surface area (Å²) in [6.07, 6.45) is 3.49. The number of nitrogens with zero attached hydrogens (tertiary/aromatic N) is 2. The Labute approximate surface area is 87.4 Å². The molecular formula is C11H12FN3. The van der Waals surface area contributed by atoms with Gasteiger partial charge in [-0.05, 0) is 17.7 Å². The third-order valence-corrected chi connectivity index (χ3v) is 2.34. The minimum absolute atomic E-state index is 0.280. The molecule has 2 aromatic rings. The first kappa shape index (κ1) is 9.86. The summed E-state index contributed by atoms with van der Waals surface area (Å²) < 4.78 is 14.8. The van der Waals surface area contributed by atoms with Gasteiger partial charge in [-0.1, -0.05) is 12.1 Å². The number of aryl methyl sites for hydroxylation is 1. The molecule has 2 N–H and O–H groups in total. The van der Waals surface area contributed by atoms with E-state index in [-0.39, 0.29) is 11.9 Å². The predicted molar refractivity (Wildman–Crippen MR) is 55.6 cm³/mol. The Bertz CT molecular complexity index is 464. The number of rotatable bonds is 2. The quantitative estimate of drug-likeness (QED) is 0.809. The Balaban J connectivity index is 2.36. The van der Waals surface area contributed by atoms with Crippen molar-refractivity contribution < 1.29 is 4.39 Å². The lowest BCUT2D eigenvalue weighted by Crippen LogP contribution is -2.16. The zero-order valence-corrected chi connectivity index (χ0v) is 8.39. The van der Waals surface area contributed by atoms with Gasteiger partial charge in [0.25, 0.3) is 0 Å². The highest BCUT2D eigenvalue weighted by molar-refractivity contribution is 5.25. The van der Waals surface area contributed by atoms with Crippen LogP contribution in [0.3, 0.4) is 0 Å². The van der Waals surface area contributed by atoms with Crippen molar-refractivity contribution in [3.63, 3.8) is 0 Å². The summed E-state index contributed by atoms with van der Waals surface area (Å²) in [6, 6.07) is 5.88. The van der Waals surface area contributed by atoms with Gasteiger partial charge in [-0.25, -0.2) is 9.37 Å². The second kappa shape index (κ2) is 3.82. The van der Waals surface area contributed by atoms with Gasteiger partial charge in [0, 0.05) is 19.4 Å². The molecule has 2 rings (SSSR count).